The predicted molar refractivity (Wildman–Crippen MR) is 57.8 cm³/mol. The first-order valence-corrected chi connectivity index (χ1v) is 4.76. The highest BCUT2D eigenvalue weighted by Gasteiger charge is 2.10. The van der Waals surface area contributed by atoms with Gasteiger partial charge in [0.05, 0.1) is 7.11 Å². The molecule has 0 amide bonds. The average molecular weight is 212 g/mol. The number of methoxy groups -OCH3 is 1. The molecule has 7 nitrogen and oxygen atoms in total. The Morgan fingerprint density at radius 1 is 1.27 bits per heavy atom. The van der Waals surface area contributed by atoms with Gasteiger partial charge in [-0.15, -0.1) is 0 Å². The first-order valence-electron chi connectivity index (χ1n) is 4.76. The number of nitrogen functional groups attached to an aromatic ring is 1. The Morgan fingerprint density at radius 2 is 1.93 bits per heavy atom. The molecule has 1 rings (SSSR count). The summed E-state index contributed by atoms with van der Waals surface area (Å²) in [5, 5.41) is 0. The van der Waals surface area contributed by atoms with Crippen LogP contribution in [0.25, 0.3) is 0 Å². The van der Waals surface area contributed by atoms with Crippen molar-refractivity contribution in [3.05, 3.63) is 0 Å². The van der Waals surface area contributed by atoms with E-state index in [0.29, 0.717) is 11.9 Å². The van der Waals surface area contributed by atoms with E-state index in [1.807, 2.05) is 18.7 Å². The molecule has 84 valence electrons. The quantitative estimate of drug-likeness (QED) is 0.525. The van der Waals surface area contributed by atoms with Crippen molar-refractivity contribution < 1.29 is 4.74 Å². The monoisotopic (exact) mass is 212 g/mol. The third kappa shape index (κ3) is 2.66. The largest absolute Gasteiger partial charge is 0.467 e. The molecular formula is C8H16N6O. The van der Waals surface area contributed by atoms with Crippen molar-refractivity contribution in [2.75, 3.05) is 30.5 Å². The number of anilines is 2. The SMILES string of the molecule is CCN(CC)c1nc(NN)nc(OC)n1. The van der Waals surface area contributed by atoms with Gasteiger partial charge in [-0.2, -0.15) is 15.0 Å². The second-order valence-electron chi connectivity index (χ2n) is 2.76. The summed E-state index contributed by atoms with van der Waals surface area (Å²) in [6.07, 6.45) is 0. The molecule has 7 heteroatoms. The minimum atomic E-state index is 0.250. The van der Waals surface area contributed by atoms with Crippen molar-refractivity contribution >= 4 is 11.9 Å². The highest BCUT2D eigenvalue weighted by Crippen LogP contribution is 2.13. The fraction of sp³-hybridized carbons (Fsp3) is 0.625. The molecule has 1 aromatic heterocycles. The second-order valence-corrected chi connectivity index (χ2v) is 2.76. The Morgan fingerprint density at radius 3 is 2.40 bits per heavy atom. The lowest BCUT2D eigenvalue weighted by molar-refractivity contribution is 0.378. The van der Waals surface area contributed by atoms with E-state index in [0.717, 1.165) is 13.1 Å². The minimum Gasteiger partial charge on any atom is -0.467 e. The summed E-state index contributed by atoms with van der Waals surface area (Å²) < 4.78 is 4.95. The van der Waals surface area contributed by atoms with Crippen molar-refractivity contribution in [2.45, 2.75) is 13.8 Å². The van der Waals surface area contributed by atoms with Gasteiger partial charge in [0, 0.05) is 13.1 Å². The van der Waals surface area contributed by atoms with Gasteiger partial charge >= 0.3 is 6.01 Å². The zero-order valence-electron chi connectivity index (χ0n) is 9.19. The highest BCUT2D eigenvalue weighted by atomic mass is 16.5. The van der Waals surface area contributed by atoms with Crippen molar-refractivity contribution in [3.63, 3.8) is 0 Å². The molecule has 0 fully saturated rings. The topological polar surface area (TPSA) is 89.2 Å². The van der Waals surface area contributed by atoms with Gasteiger partial charge in [-0.1, -0.05) is 0 Å². The molecular weight excluding hydrogens is 196 g/mol. The number of aromatic nitrogens is 3. The van der Waals surface area contributed by atoms with E-state index in [-0.39, 0.29) is 6.01 Å². The van der Waals surface area contributed by atoms with E-state index in [9.17, 15) is 0 Å². The molecule has 0 aromatic carbocycles. The number of hydrazine groups is 1. The van der Waals surface area contributed by atoms with E-state index >= 15 is 0 Å². The molecule has 3 N–H and O–H groups in total. The third-order valence-corrected chi connectivity index (χ3v) is 1.96. The second kappa shape index (κ2) is 5.30. The molecule has 0 aliphatic carbocycles. The third-order valence-electron chi connectivity index (χ3n) is 1.96. The Bertz CT molecular complexity index is 292. The summed E-state index contributed by atoms with van der Waals surface area (Å²) in [6, 6.07) is 0.250. The fourth-order valence-corrected chi connectivity index (χ4v) is 1.15. The summed E-state index contributed by atoms with van der Waals surface area (Å²) in [4.78, 5) is 14.1. The van der Waals surface area contributed by atoms with Gasteiger partial charge in [0.2, 0.25) is 11.9 Å². The lowest BCUT2D eigenvalue weighted by Crippen LogP contribution is -2.25. The predicted octanol–water partition coefficient (Wildman–Crippen LogP) is 0.0120. The summed E-state index contributed by atoms with van der Waals surface area (Å²) in [7, 11) is 1.50. The standard InChI is InChI=1S/C8H16N6O/c1-4-14(5-2)7-10-6(13-9)11-8(12-7)15-3/h4-5,9H2,1-3H3,(H,10,11,12,13). The van der Waals surface area contributed by atoms with Crippen LogP contribution in [0.3, 0.4) is 0 Å². The molecule has 0 saturated heterocycles. The number of ether oxygens (including phenoxy) is 1. The lowest BCUT2D eigenvalue weighted by atomic mass is 10.5. The van der Waals surface area contributed by atoms with E-state index in [4.69, 9.17) is 10.6 Å². The molecule has 0 aliphatic rings. The number of nitrogens with one attached hydrogen (secondary N) is 1. The minimum absolute atomic E-state index is 0.250. The van der Waals surface area contributed by atoms with Gasteiger partial charge in [-0.3, -0.25) is 5.43 Å². The molecule has 0 aliphatic heterocycles. The van der Waals surface area contributed by atoms with Crippen LogP contribution in [0, 0.1) is 0 Å². The molecule has 0 radical (unpaired) electrons. The van der Waals surface area contributed by atoms with Crippen LogP contribution in [0.1, 0.15) is 13.8 Å². The van der Waals surface area contributed by atoms with Crippen molar-refractivity contribution in [1.82, 2.24) is 15.0 Å². The lowest BCUT2D eigenvalue weighted by Gasteiger charge is -2.18. The molecule has 0 bridgehead atoms. The first-order chi connectivity index (χ1) is 7.24. The smallest absolute Gasteiger partial charge is 0.322 e. The van der Waals surface area contributed by atoms with Crippen LogP contribution in [-0.2, 0) is 0 Å². The Labute approximate surface area is 88.6 Å². The molecule has 0 unspecified atom stereocenters. The van der Waals surface area contributed by atoms with Gasteiger partial charge in [-0.05, 0) is 13.8 Å². The number of nitrogens with zero attached hydrogens (tertiary/aromatic N) is 4. The van der Waals surface area contributed by atoms with Crippen LogP contribution in [-0.4, -0.2) is 35.2 Å². The van der Waals surface area contributed by atoms with E-state index in [1.54, 1.807) is 0 Å². The maximum absolute atomic E-state index is 5.25. The van der Waals surface area contributed by atoms with Crippen LogP contribution in [0.4, 0.5) is 11.9 Å². The number of hydrogen-bond donors (Lipinski definition) is 2. The van der Waals surface area contributed by atoms with Gasteiger partial charge in [0.1, 0.15) is 0 Å². The van der Waals surface area contributed by atoms with Crippen LogP contribution >= 0.6 is 0 Å². The average Bonchev–Trinajstić information content (AvgIpc) is 2.30. The van der Waals surface area contributed by atoms with Crippen LogP contribution in [0.15, 0.2) is 0 Å². The number of nitrogens with two attached hydrogens (primary N) is 1. The first kappa shape index (κ1) is 11.4. The van der Waals surface area contributed by atoms with Crippen LogP contribution in [0.5, 0.6) is 6.01 Å². The zero-order valence-corrected chi connectivity index (χ0v) is 9.19. The summed E-state index contributed by atoms with van der Waals surface area (Å²) in [6.45, 7) is 5.67. The van der Waals surface area contributed by atoms with Gasteiger partial charge in [-0.25, -0.2) is 5.84 Å². The molecule has 1 aromatic rings. The molecule has 0 atom stereocenters. The maximum Gasteiger partial charge on any atom is 0.322 e. The molecule has 15 heavy (non-hydrogen) atoms. The normalized spacial score (nSPS) is 9.87. The highest BCUT2D eigenvalue weighted by molar-refractivity contribution is 5.37. The fourth-order valence-electron chi connectivity index (χ4n) is 1.15. The van der Waals surface area contributed by atoms with Gasteiger partial charge in [0.25, 0.3) is 0 Å². The van der Waals surface area contributed by atoms with E-state index in [1.165, 1.54) is 7.11 Å². The van der Waals surface area contributed by atoms with E-state index < -0.39 is 0 Å². The van der Waals surface area contributed by atoms with E-state index in [2.05, 4.69) is 20.4 Å². The summed E-state index contributed by atoms with van der Waals surface area (Å²) >= 11 is 0. The Hall–Kier alpha value is -1.63. The molecule has 0 spiro atoms. The zero-order chi connectivity index (χ0) is 11.3. The maximum atomic E-state index is 5.25. The van der Waals surface area contributed by atoms with Crippen molar-refractivity contribution in [1.29, 1.82) is 0 Å². The molecule has 1 heterocycles. The Kier molecular flexibility index (Phi) is 4.04. The Balaban J connectivity index is 3.05. The van der Waals surface area contributed by atoms with Crippen LogP contribution < -0.4 is 20.9 Å². The number of rotatable bonds is 5. The van der Waals surface area contributed by atoms with Crippen molar-refractivity contribution in [3.8, 4) is 6.01 Å². The van der Waals surface area contributed by atoms with Gasteiger partial charge in [0.15, 0.2) is 0 Å². The number of hydrogen-bond acceptors (Lipinski definition) is 7. The van der Waals surface area contributed by atoms with Crippen molar-refractivity contribution in [2.24, 2.45) is 5.84 Å². The summed E-state index contributed by atoms with van der Waals surface area (Å²) in [5.74, 6) is 6.10. The van der Waals surface area contributed by atoms with Gasteiger partial charge < -0.3 is 9.64 Å². The summed E-state index contributed by atoms with van der Waals surface area (Å²) in [5.41, 5.74) is 2.38. The molecule has 0 saturated carbocycles. The van der Waals surface area contributed by atoms with Crippen LogP contribution in [0.2, 0.25) is 0 Å².